The molecule has 0 aliphatic rings. The number of carbonyl (C=O) groups excluding carboxylic acids is 2. The van der Waals surface area contributed by atoms with Gasteiger partial charge in [0.2, 0.25) is 10.0 Å². The highest BCUT2D eigenvalue weighted by Crippen LogP contribution is 2.26. The maximum atomic E-state index is 13.0. The van der Waals surface area contributed by atoms with E-state index in [4.69, 9.17) is 21.5 Å². The number of ether oxygens (including phenoxy) is 1. The third kappa shape index (κ3) is 5.73. The van der Waals surface area contributed by atoms with Crippen molar-refractivity contribution in [1.82, 2.24) is 0 Å². The van der Waals surface area contributed by atoms with Crippen LogP contribution >= 0.6 is 11.6 Å². The number of halogens is 1. The summed E-state index contributed by atoms with van der Waals surface area (Å²) in [6, 6.07) is 15.8. The fraction of sp³-hybridized carbons (Fsp3) is 0.130. The number of hydrogen-bond donors (Lipinski definition) is 2. The molecule has 3 aromatic carbocycles. The number of primary sulfonamides is 1. The van der Waals surface area contributed by atoms with Crippen LogP contribution in [0.5, 0.6) is 5.75 Å². The highest BCUT2D eigenvalue weighted by atomic mass is 35.5. The number of ketones is 1. The van der Waals surface area contributed by atoms with Crippen molar-refractivity contribution in [1.29, 1.82) is 0 Å². The van der Waals surface area contributed by atoms with Gasteiger partial charge in [0.25, 0.3) is 5.91 Å². The van der Waals surface area contributed by atoms with Crippen molar-refractivity contribution in [2.24, 2.45) is 5.14 Å². The molecule has 1 amide bonds. The number of rotatable bonds is 7. The lowest BCUT2D eigenvalue weighted by Gasteiger charge is -2.13. The third-order valence-corrected chi connectivity index (χ3v) is 5.77. The van der Waals surface area contributed by atoms with Crippen molar-refractivity contribution in [2.75, 3.05) is 11.9 Å². The average molecular weight is 473 g/mol. The summed E-state index contributed by atoms with van der Waals surface area (Å²) in [5.74, 6) is -0.543. The van der Waals surface area contributed by atoms with Crippen LogP contribution in [-0.4, -0.2) is 26.7 Å². The molecular formula is C23H21ClN2O5S. The van der Waals surface area contributed by atoms with Crippen molar-refractivity contribution in [2.45, 2.75) is 18.7 Å². The molecular weight excluding hydrogens is 452 g/mol. The molecule has 9 heteroatoms. The molecule has 0 heterocycles. The summed E-state index contributed by atoms with van der Waals surface area (Å²) >= 11 is 6.07. The van der Waals surface area contributed by atoms with Crippen molar-refractivity contribution >= 4 is 39.0 Å². The Morgan fingerprint density at radius 2 is 1.78 bits per heavy atom. The smallest absolute Gasteiger partial charge is 0.262 e. The maximum absolute atomic E-state index is 13.0. The Hall–Kier alpha value is -3.20. The minimum atomic E-state index is -3.84. The number of benzene rings is 3. The second-order valence-corrected chi connectivity index (χ2v) is 9.20. The van der Waals surface area contributed by atoms with Crippen LogP contribution in [0.3, 0.4) is 0 Å². The Labute approximate surface area is 191 Å². The Kier molecular flexibility index (Phi) is 6.98. The number of amides is 1. The summed E-state index contributed by atoms with van der Waals surface area (Å²) in [6.07, 6.45) is 0. The zero-order chi connectivity index (χ0) is 23.5. The molecule has 0 bridgehead atoms. The van der Waals surface area contributed by atoms with Gasteiger partial charge in [0.15, 0.2) is 12.4 Å². The molecule has 3 rings (SSSR count). The van der Waals surface area contributed by atoms with Crippen LogP contribution in [0.2, 0.25) is 5.02 Å². The van der Waals surface area contributed by atoms with Gasteiger partial charge in [0.1, 0.15) is 5.75 Å². The normalized spacial score (nSPS) is 11.1. The summed E-state index contributed by atoms with van der Waals surface area (Å²) < 4.78 is 28.5. The highest BCUT2D eigenvalue weighted by Gasteiger charge is 2.17. The monoisotopic (exact) mass is 472 g/mol. The number of anilines is 1. The second kappa shape index (κ2) is 9.52. The minimum Gasteiger partial charge on any atom is -0.483 e. The first-order valence-corrected chi connectivity index (χ1v) is 11.4. The van der Waals surface area contributed by atoms with Gasteiger partial charge in [-0.1, -0.05) is 35.4 Å². The van der Waals surface area contributed by atoms with Gasteiger partial charge in [-0.3, -0.25) is 9.59 Å². The van der Waals surface area contributed by atoms with E-state index in [-0.39, 0.29) is 28.6 Å². The number of carbonyl (C=O) groups is 2. The van der Waals surface area contributed by atoms with Gasteiger partial charge in [-0.15, -0.1) is 0 Å². The lowest BCUT2D eigenvalue weighted by Crippen LogP contribution is -2.21. The molecule has 0 saturated heterocycles. The standard InChI is InChI=1S/C23H21ClN2O5S/c1-14-4-3-5-16(10-14)23(28)19-12-17(24)6-9-21(19)31-13-22(27)26-20-8-7-18(11-15(20)2)32(25,29)30/h3-12H,13H2,1-2H3,(H,26,27)(H2,25,29,30). The van der Waals surface area contributed by atoms with Gasteiger partial charge in [-0.05, 0) is 61.9 Å². The first-order valence-electron chi connectivity index (χ1n) is 9.51. The van der Waals surface area contributed by atoms with Crippen LogP contribution in [0, 0.1) is 13.8 Å². The van der Waals surface area contributed by atoms with Crippen LogP contribution in [0.25, 0.3) is 0 Å². The molecule has 0 aromatic heterocycles. The predicted molar refractivity (Wildman–Crippen MR) is 123 cm³/mol. The van der Waals surface area contributed by atoms with E-state index in [1.54, 1.807) is 31.2 Å². The number of hydrogen-bond acceptors (Lipinski definition) is 5. The molecule has 0 fully saturated rings. The summed E-state index contributed by atoms with van der Waals surface area (Å²) in [4.78, 5) is 25.3. The zero-order valence-electron chi connectivity index (χ0n) is 17.4. The van der Waals surface area contributed by atoms with Gasteiger partial charge in [-0.2, -0.15) is 0 Å². The fourth-order valence-corrected chi connectivity index (χ4v) is 3.80. The van der Waals surface area contributed by atoms with Crippen LogP contribution < -0.4 is 15.2 Å². The second-order valence-electron chi connectivity index (χ2n) is 7.20. The van der Waals surface area contributed by atoms with Gasteiger partial charge in [0, 0.05) is 16.3 Å². The molecule has 3 aromatic rings. The predicted octanol–water partition coefficient (Wildman–Crippen LogP) is 3.85. The van der Waals surface area contributed by atoms with Crippen molar-refractivity contribution in [3.63, 3.8) is 0 Å². The molecule has 32 heavy (non-hydrogen) atoms. The maximum Gasteiger partial charge on any atom is 0.262 e. The third-order valence-electron chi connectivity index (χ3n) is 4.63. The van der Waals surface area contributed by atoms with E-state index >= 15 is 0 Å². The number of sulfonamides is 1. The average Bonchev–Trinajstić information content (AvgIpc) is 2.73. The molecule has 0 aliphatic carbocycles. The molecule has 0 spiro atoms. The molecule has 0 radical (unpaired) electrons. The summed E-state index contributed by atoms with van der Waals surface area (Å²) in [7, 11) is -3.84. The lowest BCUT2D eigenvalue weighted by molar-refractivity contribution is -0.118. The van der Waals surface area contributed by atoms with Gasteiger partial charge < -0.3 is 10.1 Å². The van der Waals surface area contributed by atoms with Crippen LogP contribution in [-0.2, 0) is 14.8 Å². The number of nitrogens with one attached hydrogen (secondary N) is 1. The summed E-state index contributed by atoms with van der Waals surface area (Å²) in [6.45, 7) is 3.16. The number of nitrogens with two attached hydrogens (primary N) is 1. The van der Waals surface area contributed by atoms with E-state index in [1.807, 2.05) is 13.0 Å². The van der Waals surface area contributed by atoms with E-state index in [0.717, 1.165) is 5.56 Å². The molecule has 166 valence electrons. The fourth-order valence-electron chi connectivity index (χ4n) is 3.03. The topological polar surface area (TPSA) is 116 Å². The van der Waals surface area contributed by atoms with Crippen LogP contribution in [0.4, 0.5) is 5.69 Å². The quantitative estimate of drug-likeness (QED) is 0.506. The molecule has 0 aliphatic heterocycles. The van der Waals surface area contributed by atoms with Gasteiger partial charge >= 0.3 is 0 Å². The Balaban J connectivity index is 1.75. The molecule has 0 saturated carbocycles. The Bertz CT molecular complexity index is 1310. The van der Waals surface area contributed by atoms with Crippen LogP contribution in [0.1, 0.15) is 27.0 Å². The molecule has 0 atom stereocenters. The number of aryl methyl sites for hydroxylation is 2. The van der Waals surface area contributed by atoms with Crippen molar-refractivity contribution in [3.8, 4) is 5.75 Å². The van der Waals surface area contributed by atoms with Gasteiger partial charge in [-0.25, -0.2) is 13.6 Å². The highest BCUT2D eigenvalue weighted by molar-refractivity contribution is 7.89. The lowest BCUT2D eigenvalue weighted by atomic mass is 10.0. The molecule has 7 nitrogen and oxygen atoms in total. The van der Waals surface area contributed by atoms with Crippen LogP contribution in [0.15, 0.2) is 65.6 Å². The SMILES string of the molecule is Cc1cccc(C(=O)c2cc(Cl)ccc2OCC(=O)Nc2ccc(S(N)(=O)=O)cc2C)c1. The minimum absolute atomic E-state index is 0.0512. The van der Waals surface area contributed by atoms with E-state index in [9.17, 15) is 18.0 Å². The van der Waals surface area contributed by atoms with Gasteiger partial charge in [0.05, 0.1) is 10.5 Å². The largest absolute Gasteiger partial charge is 0.483 e. The van der Waals surface area contributed by atoms with E-state index in [1.165, 1.54) is 30.3 Å². The van der Waals surface area contributed by atoms with Crippen molar-refractivity contribution in [3.05, 3.63) is 87.9 Å². The summed E-state index contributed by atoms with van der Waals surface area (Å²) in [5.41, 5.74) is 2.59. The molecule has 3 N–H and O–H groups in total. The first-order chi connectivity index (χ1) is 15.0. The van der Waals surface area contributed by atoms with Crippen molar-refractivity contribution < 1.29 is 22.7 Å². The molecule has 0 unspecified atom stereocenters. The Morgan fingerprint density at radius 1 is 1.03 bits per heavy atom. The van der Waals surface area contributed by atoms with E-state index in [0.29, 0.717) is 21.8 Å². The zero-order valence-corrected chi connectivity index (χ0v) is 19.0. The first kappa shape index (κ1) is 23.5. The van der Waals surface area contributed by atoms with E-state index < -0.39 is 15.9 Å². The Morgan fingerprint density at radius 3 is 2.44 bits per heavy atom. The van der Waals surface area contributed by atoms with E-state index in [2.05, 4.69) is 5.32 Å². The summed E-state index contributed by atoms with van der Waals surface area (Å²) in [5, 5.41) is 8.13.